The Bertz CT molecular complexity index is 721. The number of halogens is 1. The molecule has 2 rings (SSSR count). The van der Waals surface area contributed by atoms with Crippen molar-refractivity contribution in [2.45, 2.75) is 24.7 Å². The summed E-state index contributed by atoms with van der Waals surface area (Å²) >= 11 is 0. The molecule has 0 saturated carbocycles. The minimum atomic E-state index is -3.78. The highest BCUT2D eigenvalue weighted by atomic mass is 32.2. The number of nitrogens with zero attached hydrogens (tertiary/aromatic N) is 1. The van der Waals surface area contributed by atoms with E-state index in [1.54, 1.807) is 6.92 Å². The van der Waals surface area contributed by atoms with E-state index < -0.39 is 21.8 Å². The normalized spacial score (nSPS) is 18.6. The summed E-state index contributed by atoms with van der Waals surface area (Å²) < 4.78 is 39.5. The largest absolute Gasteiger partial charge is 0.355 e. The number of likely N-dealkylation sites (N-methyl/N-ethyl adjacent to an activating group) is 1. The van der Waals surface area contributed by atoms with Crippen LogP contribution in [0.1, 0.15) is 19.8 Å². The number of rotatable bonds is 6. The molecule has 1 aliphatic rings. The van der Waals surface area contributed by atoms with Crippen LogP contribution in [0.2, 0.25) is 0 Å². The van der Waals surface area contributed by atoms with Crippen LogP contribution in [0.3, 0.4) is 0 Å². The first-order chi connectivity index (χ1) is 11.8. The second-order valence-electron chi connectivity index (χ2n) is 5.83. The molecule has 0 aliphatic carbocycles. The van der Waals surface area contributed by atoms with Crippen LogP contribution in [0.15, 0.2) is 29.2 Å². The van der Waals surface area contributed by atoms with Crippen LogP contribution in [0.5, 0.6) is 0 Å². The molecule has 0 spiro atoms. The average molecular weight is 371 g/mol. The van der Waals surface area contributed by atoms with E-state index in [1.165, 1.54) is 16.4 Å². The fourth-order valence-corrected chi connectivity index (χ4v) is 4.23. The monoisotopic (exact) mass is 371 g/mol. The van der Waals surface area contributed by atoms with Gasteiger partial charge in [0.15, 0.2) is 0 Å². The smallest absolute Gasteiger partial charge is 0.243 e. The Labute approximate surface area is 146 Å². The fourth-order valence-electron chi connectivity index (χ4n) is 2.70. The topological polar surface area (TPSA) is 95.6 Å². The zero-order chi connectivity index (χ0) is 18.4. The Kier molecular flexibility index (Phi) is 6.49. The van der Waals surface area contributed by atoms with Gasteiger partial charge in [0.1, 0.15) is 5.82 Å². The lowest BCUT2D eigenvalue weighted by molar-refractivity contribution is -0.129. The van der Waals surface area contributed by atoms with Crippen molar-refractivity contribution in [1.82, 2.24) is 14.9 Å². The van der Waals surface area contributed by atoms with E-state index in [0.717, 1.165) is 12.1 Å². The van der Waals surface area contributed by atoms with Crippen molar-refractivity contribution >= 4 is 21.8 Å². The number of carbonyl (C=O) groups is 2. The molecule has 0 aromatic heterocycles. The first kappa shape index (κ1) is 19.3. The molecule has 1 aliphatic heterocycles. The molecule has 0 radical (unpaired) electrons. The third-order valence-corrected chi connectivity index (χ3v) is 5.88. The van der Waals surface area contributed by atoms with Crippen molar-refractivity contribution in [3.05, 3.63) is 30.1 Å². The molecule has 2 N–H and O–H groups in total. The Morgan fingerprint density at radius 3 is 2.56 bits per heavy atom. The van der Waals surface area contributed by atoms with Crippen molar-refractivity contribution in [2.24, 2.45) is 5.92 Å². The van der Waals surface area contributed by atoms with Gasteiger partial charge in [-0.05, 0) is 44.0 Å². The second kappa shape index (κ2) is 8.39. The summed E-state index contributed by atoms with van der Waals surface area (Å²) in [5, 5.41) is 5.11. The number of hydrogen-bond donors (Lipinski definition) is 2. The van der Waals surface area contributed by atoms with Crippen LogP contribution < -0.4 is 10.6 Å². The van der Waals surface area contributed by atoms with Crippen LogP contribution >= 0.6 is 0 Å². The predicted molar refractivity (Wildman–Crippen MR) is 89.6 cm³/mol. The SMILES string of the molecule is CCNC(=O)CNC(=O)[C@@H]1CCCN(S(=O)(=O)c2ccc(F)cc2)C1. The number of sulfonamides is 1. The highest BCUT2D eigenvalue weighted by Gasteiger charge is 2.33. The van der Waals surface area contributed by atoms with E-state index in [4.69, 9.17) is 0 Å². The van der Waals surface area contributed by atoms with Crippen LogP contribution in [0, 0.1) is 11.7 Å². The highest BCUT2D eigenvalue weighted by molar-refractivity contribution is 7.89. The Balaban J connectivity index is 2.01. The van der Waals surface area contributed by atoms with Crippen molar-refractivity contribution < 1.29 is 22.4 Å². The number of piperidine rings is 1. The molecule has 1 fully saturated rings. The van der Waals surface area contributed by atoms with Gasteiger partial charge in [0.25, 0.3) is 0 Å². The second-order valence-corrected chi connectivity index (χ2v) is 7.77. The lowest BCUT2D eigenvalue weighted by atomic mass is 9.99. The third kappa shape index (κ3) is 4.99. The Morgan fingerprint density at radius 1 is 1.24 bits per heavy atom. The minimum Gasteiger partial charge on any atom is -0.355 e. The van der Waals surface area contributed by atoms with E-state index in [9.17, 15) is 22.4 Å². The number of carbonyl (C=O) groups excluding carboxylic acids is 2. The predicted octanol–water partition coefficient (Wildman–Crippen LogP) is 0.479. The Morgan fingerprint density at radius 2 is 1.92 bits per heavy atom. The van der Waals surface area contributed by atoms with Crippen molar-refractivity contribution in [2.75, 3.05) is 26.2 Å². The molecule has 2 amide bonds. The molecule has 1 atom stereocenters. The number of benzene rings is 1. The molecular formula is C16H22FN3O4S. The lowest BCUT2D eigenvalue weighted by Gasteiger charge is -2.31. The molecule has 1 saturated heterocycles. The first-order valence-corrected chi connectivity index (χ1v) is 9.58. The van der Waals surface area contributed by atoms with E-state index >= 15 is 0 Å². The van der Waals surface area contributed by atoms with Gasteiger partial charge in [0.2, 0.25) is 21.8 Å². The van der Waals surface area contributed by atoms with Crippen molar-refractivity contribution in [3.63, 3.8) is 0 Å². The molecule has 1 aromatic rings. The summed E-state index contributed by atoms with van der Waals surface area (Å²) in [5.41, 5.74) is 0. The van der Waals surface area contributed by atoms with Crippen LogP contribution in [0.4, 0.5) is 4.39 Å². The summed E-state index contributed by atoms with van der Waals surface area (Å²) in [6.07, 6.45) is 1.09. The molecule has 9 heteroatoms. The number of amides is 2. The van der Waals surface area contributed by atoms with E-state index in [2.05, 4.69) is 10.6 Å². The van der Waals surface area contributed by atoms with Gasteiger partial charge in [-0.3, -0.25) is 9.59 Å². The van der Waals surface area contributed by atoms with E-state index in [0.29, 0.717) is 25.9 Å². The summed E-state index contributed by atoms with van der Waals surface area (Å²) in [6.45, 7) is 2.47. The fraction of sp³-hybridized carbons (Fsp3) is 0.500. The van der Waals surface area contributed by atoms with Gasteiger partial charge in [0.05, 0.1) is 17.4 Å². The van der Waals surface area contributed by atoms with Gasteiger partial charge in [-0.1, -0.05) is 0 Å². The standard InChI is InChI=1S/C16H22FN3O4S/c1-2-18-15(21)10-19-16(22)12-4-3-9-20(11-12)25(23,24)14-7-5-13(17)6-8-14/h5-8,12H,2-4,9-11H2,1H3,(H,18,21)(H,19,22)/t12-/m1/s1. The zero-order valence-corrected chi connectivity index (χ0v) is 14.8. The molecule has 25 heavy (non-hydrogen) atoms. The van der Waals surface area contributed by atoms with Gasteiger partial charge in [0, 0.05) is 19.6 Å². The molecule has 1 aromatic carbocycles. The van der Waals surface area contributed by atoms with Gasteiger partial charge in [-0.15, -0.1) is 0 Å². The number of nitrogens with one attached hydrogen (secondary N) is 2. The molecule has 1 heterocycles. The maximum absolute atomic E-state index is 13.0. The maximum atomic E-state index is 13.0. The lowest BCUT2D eigenvalue weighted by Crippen LogP contribution is -2.47. The Hall–Kier alpha value is -2.00. The first-order valence-electron chi connectivity index (χ1n) is 8.14. The summed E-state index contributed by atoms with van der Waals surface area (Å²) in [6, 6.07) is 4.60. The highest BCUT2D eigenvalue weighted by Crippen LogP contribution is 2.24. The number of hydrogen-bond acceptors (Lipinski definition) is 4. The summed E-state index contributed by atoms with van der Waals surface area (Å²) in [7, 11) is -3.78. The minimum absolute atomic E-state index is 0.00252. The molecule has 0 unspecified atom stereocenters. The molecule has 7 nitrogen and oxygen atoms in total. The van der Waals surface area contributed by atoms with Crippen LogP contribution in [-0.4, -0.2) is 50.7 Å². The average Bonchev–Trinajstić information content (AvgIpc) is 2.60. The summed E-state index contributed by atoms with van der Waals surface area (Å²) in [4.78, 5) is 23.6. The van der Waals surface area contributed by atoms with Gasteiger partial charge in [-0.2, -0.15) is 4.31 Å². The van der Waals surface area contributed by atoms with E-state index in [1.807, 2.05) is 0 Å². The summed E-state index contributed by atoms with van der Waals surface area (Å²) in [5.74, 6) is -1.66. The molecular weight excluding hydrogens is 349 g/mol. The van der Waals surface area contributed by atoms with Crippen molar-refractivity contribution in [1.29, 1.82) is 0 Å². The quantitative estimate of drug-likeness (QED) is 0.760. The van der Waals surface area contributed by atoms with Crippen LogP contribution in [0.25, 0.3) is 0 Å². The van der Waals surface area contributed by atoms with Crippen molar-refractivity contribution in [3.8, 4) is 0 Å². The molecule has 138 valence electrons. The third-order valence-electron chi connectivity index (χ3n) is 4.00. The van der Waals surface area contributed by atoms with E-state index in [-0.39, 0.29) is 29.8 Å². The van der Waals surface area contributed by atoms with Gasteiger partial charge in [-0.25, -0.2) is 12.8 Å². The molecule has 0 bridgehead atoms. The maximum Gasteiger partial charge on any atom is 0.243 e. The van der Waals surface area contributed by atoms with Gasteiger partial charge >= 0.3 is 0 Å². The van der Waals surface area contributed by atoms with Gasteiger partial charge < -0.3 is 10.6 Å². The zero-order valence-electron chi connectivity index (χ0n) is 14.0. The van der Waals surface area contributed by atoms with Crippen LogP contribution in [-0.2, 0) is 19.6 Å².